The summed E-state index contributed by atoms with van der Waals surface area (Å²) in [6.45, 7) is 0. The maximum Gasteiger partial charge on any atom is 0.244 e. The van der Waals surface area contributed by atoms with Crippen LogP contribution in [0.25, 0.3) is 0 Å². The zero-order valence-corrected chi connectivity index (χ0v) is 12.3. The molecule has 2 aromatic rings. The van der Waals surface area contributed by atoms with E-state index in [0.717, 1.165) is 15.7 Å². The fraction of sp³-hybridized carbons (Fsp3) is 0.0714. The van der Waals surface area contributed by atoms with E-state index in [0.29, 0.717) is 5.02 Å². The van der Waals surface area contributed by atoms with Gasteiger partial charge in [0.2, 0.25) is 5.91 Å². The van der Waals surface area contributed by atoms with E-state index in [1.54, 1.807) is 18.2 Å². The van der Waals surface area contributed by atoms with Gasteiger partial charge in [-0.2, -0.15) is 0 Å². The number of anilines is 1. The van der Waals surface area contributed by atoms with Crippen LogP contribution >= 0.6 is 27.5 Å². The number of halogens is 2. The number of rotatable bonds is 4. The molecule has 0 aliphatic rings. The van der Waals surface area contributed by atoms with E-state index in [1.807, 2.05) is 30.3 Å². The van der Waals surface area contributed by atoms with Crippen LogP contribution in [0.15, 0.2) is 53.0 Å². The van der Waals surface area contributed by atoms with Gasteiger partial charge < -0.3 is 11.1 Å². The standard InChI is InChI=1S/C14H12BrClN2O/c15-10-4-2-6-12(8-10)18-13(14(17)19)9-3-1-5-11(16)7-9/h1-8,13,18H,(H2,17,19). The van der Waals surface area contributed by atoms with Gasteiger partial charge in [-0.3, -0.25) is 4.79 Å². The van der Waals surface area contributed by atoms with Crippen LogP contribution in [0.3, 0.4) is 0 Å². The van der Waals surface area contributed by atoms with Crippen LogP contribution in [0.2, 0.25) is 5.02 Å². The minimum absolute atomic E-state index is 0.456. The van der Waals surface area contributed by atoms with Gasteiger partial charge in [-0.05, 0) is 35.9 Å². The predicted molar refractivity (Wildman–Crippen MR) is 81.2 cm³/mol. The summed E-state index contributed by atoms with van der Waals surface area (Å²) in [4.78, 5) is 11.6. The molecular formula is C14H12BrClN2O. The van der Waals surface area contributed by atoms with Gasteiger partial charge in [0.15, 0.2) is 0 Å². The number of carbonyl (C=O) groups is 1. The molecule has 0 saturated carbocycles. The summed E-state index contributed by atoms with van der Waals surface area (Å²) in [6, 6.07) is 14.0. The third-order valence-electron chi connectivity index (χ3n) is 2.60. The van der Waals surface area contributed by atoms with Gasteiger partial charge in [0.05, 0.1) is 0 Å². The Kier molecular flexibility index (Phi) is 4.45. The highest BCUT2D eigenvalue weighted by Crippen LogP contribution is 2.23. The fourth-order valence-electron chi connectivity index (χ4n) is 1.75. The summed E-state index contributed by atoms with van der Waals surface area (Å²) in [5.74, 6) is -0.456. The molecule has 0 aliphatic heterocycles. The van der Waals surface area contributed by atoms with Crippen LogP contribution < -0.4 is 11.1 Å². The third-order valence-corrected chi connectivity index (χ3v) is 3.33. The molecule has 2 rings (SSSR count). The number of nitrogens with two attached hydrogens (primary N) is 1. The van der Waals surface area contributed by atoms with E-state index < -0.39 is 11.9 Å². The zero-order chi connectivity index (χ0) is 13.8. The highest BCUT2D eigenvalue weighted by molar-refractivity contribution is 9.10. The van der Waals surface area contributed by atoms with Gasteiger partial charge >= 0.3 is 0 Å². The summed E-state index contributed by atoms with van der Waals surface area (Å²) in [6.07, 6.45) is 0. The Morgan fingerprint density at radius 2 is 1.95 bits per heavy atom. The number of amides is 1. The average molecular weight is 340 g/mol. The van der Waals surface area contributed by atoms with E-state index >= 15 is 0 Å². The first-order valence-corrected chi connectivity index (χ1v) is 6.80. The van der Waals surface area contributed by atoms with Gasteiger partial charge in [-0.1, -0.05) is 45.7 Å². The van der Waals surface area contributed by atoms with E-state index in [1.165, 1.54) is 0 Å². The normalized spacial score (nSPS) is 11.9. The van der Waals surface area contributed by atoms with Crippen LogP contribution in [0.1, 0.15) is 11.6 Å². The lowest BCUT2D eigenvalue weighted by Gasteiger charge is -2.17. The predicted octanol–water partition coefficient (Wildman–Crippen LogP) is 3.74. The van der Waals surface area contributed by atoms with E-state index in [2.05, 4.69) is 21.2 Å². The lowest BCUT2D eigenvalue weighted by molar-refractivity contribution is -0.118. The molecule has 3 N–H and O–H groups in total. The monoisotopic (exact) mass is 338 g/mol. The molecule has 0 spiro atoms. The highest BCUT2D eigenvalue weighted by atomic mass is 79.9. The van der Waals surface area contributed by atoms with E-state index in [-0.39, 0.29) is 0 Å². The minimum atomic E-state index is -0.618. The van der Waals surface area contributed by atoms with Crippen LogP contribution in [0.4, 0.5) is 5.69 Å². The number of nitrogens with one attached hydrogen (secondary N) is 1. The van der Waals surface area contributed by atoms with Crippen molar-refractivity contribution in [1.29, 1.82) is 0 Å². The molecule has 0 saturated heterocycles. The SMILES string of the molecule is NC(=O)C(Nc1cccc(Br)c1)c1cccc(Cl)c1. The summed E-state index contributed by atoms with van der Waals surface area (Å²) in [7, 11) is 0. The van der Waals surface area contributed by atoms with Crippen molar-refractivity contribution in [3.05, 3.63) is 63.6 Å². The van der Waals surface area contributed by atoms with Crippen molar-refractivity contribution < 1.29 is 4.79 Å². The first-order valence-electron chi connectivity index (χ1n) is 5.63. The Bertz CT molecular complexity index is 604. The Balaban J connectivity index is 2.29. The van der Waals surface area contributed by atoms with Crippen molar-refractivity contribution in [3.8, 4) is 0 Å². The Hall–Kier alpha value is -1.52. The molecule has 1 unspecified atom stereocenters. The van der Waals surface area contributed by atoms with Crippen molar-refractivity contribution in [3.63, 3.8) is 0 Å². The van der Waals surface area contributed by atoms with Crippen molar-refractivity contribution >= 4 is 39.1 Å². The summed E-state index contributed by atoms with van der Waals surface area (Å²) in [5, 5.41) is 3.67. The Morgan fingerprint density at radius 1 is 1.21 bits per heavy atom. The molecule has 1 amide bonds. The molecule has 0 aliphatic carbocycles. The molecule has 0 bridgehead atoms. The number of carbonyl (C=O) groups excluding carboxylic acids is 1. The van der Waals surface area contributed by atoms with Crippen molar-refractivity contribution in [2.24, 2.45) is 5.73 Å². The largest absolute Gasteiger partial charge is 0.370 e. The quantitative estimate of drug-likeness (QED) is 0.891. The van der Waals surface area contributed by atoms with Gasteiger partial charge in [0.1, 0.15) is 6.04 Å². The Morgan fingerprint density at radius 3 is 2.58 bits per heavy atom. The number of primary amides is 1. The topological polar surface area (TPSA) is 55.1 Å². The summed E-state index contributed by atoms with van der Waals surface area (Å²) in [5.41, 5.74) is 6.99. The van der Waals surface area contributed by atoms with Gasteiger partial charge in [0, 0.05) is 15.2 Å². The summed E-state index contributed by atoms with van der Waals surface area (Å²) < 4.78 is 0.923. The Labute approximate surface area is 124 Å². The van der Waals surface area contributed by atoms with E-state index in [9.17, 15) is 4.79 Å². The van der Waals surface area contributed by atoms with Gasteiger partial charge in [-0.15, -0.1) is 0 Å². The molecule has 0 fully saturated rings. The van der Waals surface area contributed by atoms with Crippen molar-refractivity contribution in [1.82, 2.24) is 0 Å². The number of hydrogen-bond donors (Lipinski definition) is 2. The first-order chi connectivity index (χ1) is 9.06. The van der Waals surface area contributed by atoms with Gasteiger partial charge in [-0.25, -0.2) is 0 Å². The van der Waals surface area contributed by atoms with Crippen LogP contribution in [0.5, 0.6) is 0 Å². The van der Waals surface area contributed by atoms with Crippen molar-refractivity contribution in [2.75, 3.05) is 5.32 Å². The maximum atomic E-state index is 11.6. The van der Waals surface area contributed by atoms with Crippen molar-refractivity contribution in [2.45, 2.75) is 6.04 Å². The molecule has 3 nitrogen and oxygen atoms in total. The highest BCUT2D eigenvalue weighted by Gasteiger charge is 2.17. The van der Waals surface area contributed by atoms with Crippen LogP contribution in [-0.4, -0.2) is 5.91 Å². The summed E-state index contributed by atoms with van der Waals surface area (Å²) >= 11 is 9.31. The molecule has 0 radical (unpaired) electrons. The van der Waals surface area contributed by atoms with Crippen LogP contribution in [-0.2, 0) is 4.79 Å². The smallest absolute Gasteiger partial charge is 0.244 e. The van der Waals surface area contributed by atoms with Crippen LogP contribution in [0, 0.1) is 0 Å². The number of hydrogen-bond acceptors (Lipinski definition) is 2. The van der Waals surface area contributed by atoms with E-state index in [4.69, 9.17) is 17.3 Å². The lowest BCUT2D eigenvalue weighted by Crippen LogP contribution is -2.27. The second kappa shape index (κ2) is 6.08. The first kappa shape index (κ1) is 13.9. The second-order valence-corrected chi connectivity index (χ2v) is 5.40. The average Bonchev–Trinajstić information content (AvgIpc) is 2.35. The zero-order valence-electron chi connectivity index (χ0n) is 9.94. The molecule has 98 valence electrons. The second-order valence-electron chi connectivity index (χ2n) is 4.05. The third kappa shape index (κ3) is 3.72. The minimum Gasteiger partial charge on any atom is -0.370 e. The number of benzene rings is 2. The molecular weight excluding hydrogens is 328 g/mol. The van der Waals surface area contributed by atoms with Gasteiger partial charge in [0.25, 0.3) is 0 Å². The molecule has 5 heteroatoms. The fourth-order valence-corrected chi connectivity index (χ4v) is 2.35. The molecule has 19 heavy (non-hydrogen) atoms. The molecule has 0 aromatic heterocycles. The molecule has 1 atom stereocenters. The maximum absolute atomic E-state index is 11.6. The molecule has 2 aromatic carbocycles. The molecule has 0 heterocycles. The lowest BCUT2D eigenvalue weighted by atomic mass is 10.1.